The molecule has 2 aromatic heterocycles. The Morgan fingerprint density at radius 1 is 1.30 bits per heavy atom. The minimum absolute atomic E-state index is 0.105. The second kappa shape index (κ2) is 6.93. The molecule has 0 aliphatic rings. The molecule has 2 amide bonds. The molecule has 0 saturated carbocycles. The topological polar surface area (TPSA) is 58.4 Å². The highest BCUT2D eigenvalue weighted by atomic mass is 16.2. The number of hydrogen-bond donors (Lipinski definition) is 2. The van der Waals surface area contributed by atoms with E-state index in [0.717, 1.165) is 30.7 Å². The number of carbonyl (C=O) groups is 1. The molecule has 0 aromatic carbocycles. The predicted octanol–water partition coefficient (Wildman–Crippen LogP) is 2.22. The number of rotatable bonds is 6. The Morgan fingerprint density at radius 2 is 2.10 bits per heavy atom. The number of urea groups is 1. The molecule has 0 unspecified atom stereocenters. The van der Waals surface area contributed by atoms with Gasteiger partial charge in [-0.3, -0.25) is 0 Å². The lowest BCUT2D eigenvalue weighted by Crippen LogP contribution is -2.37. The van der Waals surface area contributed by atoms with Crippen molar-refractivity contribution in [2.24, 2.45) is 5.92 Å². The third-order valence-corrected chi connectivity index (χ3v) is 3.16. The van der Waals surface area contributed by atoms with E-state index in [1.807, 2.05) is 35.0 Å². The van der Waals surface area contributed by atoms with Crippen molar-refractivity contribution in [2.45, 2.75) is 26.7 Å². The highest BCUT2D eigenvalue weighted by molar-refractivity contribution is 5.73. The molecule has 108 valence electrons. The Morgan fingerprint density at radius 3 is 2.90 bits per heavy atom. The maximum Gasteiger partial charge on any atom is 0.314 e. The lowest BCUT2D eigenvalue weighted by Gasteiger charge is -2.08. The average molecular weight is 274 g/mol. The fraction of sp³-hybridized carbons (Fsp3) is 0.467. The highest BCUT2D eigenvalue weighted by Crippen LogP contribution is 2.06. The lowest BCUT2D eigenvalue weighted by atomic mass is 10.1. The molecule has 5 heteroatoms. The minimum atomic E-state index is -0.105. The van der Waals surface area contributed by atoms with Gasteiger partial charge in [-0.25, -0.2) is 9.78 Å². The first-order chi connectivity index (χ1) is 9.66. The number of aromatic nitrogens is 2. The van der Waals surface area contributed by atoms with Crippen molar-refractivity contribution in [3.63, 3.8) is 0 Å². The molecule has 0 atom stereocenters. The fourth-order valence-corrected chi connectivity index (χ4v) is 2.01. The molecule has 0 bridgehead atoms. The van der Waals surface area contributed by atoms with Crippen LogP contribution in [0.4, 0.5) is 4.79 Å². The summed E-state index contributed by atoms with van der Waals surface area (Å²) in [5.41, 5.74) is 1.07. The molecule has 5 nitrogen and oxygen atoms in total. The third-order valence-electron chi connectivity index (χ3n) is 3.16. The number of carbonyl (C=O) groups excluding carboxylic acids is 1. The molecule has 2 heterocycles. The molecule has 0 fully saturated rings. The van der Waals surface area contributed by atoms with Gasteiger partial charge in [0, 0.05) is 25.7 Å². The minimum Gasteiger partial charge on any atom is -0.338 e. The lowest BCUT2D eigenvalue weighted by molar-refractivity contribution is 0.240. The van der Waals surface area contributed by atoms with Crippen LogP contribution in [0.15, 0.2) is 30.6 Å². The normalized spacial score (nSPS) is 10.9. The number of nitrogens with one attached hydrogen (secondary N) is 2. The summed E-state index contributed by atoms with van der Waals surface area (Å²) in [6.45, 7) is 5.59. The van der Waals surface area contributed by atoms with Gasteiger partial charge in [-0.2, -0.15) is 0 Å². The summed E-state index contributed by atoms with van der Waals surface area (Å²) >= 11 is 0. The summed E-state index contributed by atoms with van der Waals surface area (Å²) in [6.07, 6.45) is 5.55. The van der Waals surface area contributed by atoms with Crippen LogP contribution in [0, 0.1) is 5.92 Å². The van der Waals surface area contributed by atoms with Crippen LogP contribution in [0.5, 0.6) is 0 Å². The van der Waals surface area contributed by atoms with E-state index in [0.29, 0.717) is 12.5 Å². The van der Waals surface area contributed by atoms with Gasteiger partial charge in [-0.15, -0.1) is 0 Å². The Bertz CT molecular complexity index is 562. The molecule has 0 aliphatic carbocycles. The molecule has 2 rings (SSSR count). The van der Waals surface area contributed by atoms with Crippen LogP contribution in [0.2, 0.25) is 0 Å². The van der Waals surface area contributed by atoms with E-state index < -0.39 is 0 Å². The summed E-state index contributed by atoms with van der Waals surface area (Å²) in [5, 5.41) is 5.71. The molecule has 2 aromatic rings. The smallest absolute Gasteiger partial charge is 0.314 e. The van der Waals surface area contributed by atoms with Crippen molar-refractivity contribution in [1.82, 2.24) is 20.0 Å². The van der Waals surface area contributed by atoms with E-state index in [1.54, 1.807) is 0 Å². The molecule has 0 radical (unpaired) electrons. The quantitative estimate of drug-likeness (QED) is 0.848. The number of amides is 2. The predicted molar refractivity (Wildman–Crippen MR) is 79.8 cm³/mol. The number of imidazole rings is 1. The molecule has 0 saturated heterocycles. The van der Waals surface area contributed by atoms with Gasteiger partial charge in [-0.05, 0) is 24.5 Å². The van der Waals surface area contributed by atoms with Crippen molar-refractivity contribution in [3.8, 4) is 0 Å². The maximum absolute atomic E-state index is 11.6. The standard InChI is InChI=1S/C15H22N4O/c1-12(2)6-8-16-15(20)17-9-7-14-18-11-13-5-3-4-10-19(13)14/h3-5,10-12H,6-9H2,1-2H3,(H2,16,17,20). The first-order valence-electron chi connectivity index (χ1n) is 7.09. The van der Waals surface area contributed by atoms with Crippen molar-refractivity contribution in [2.75, 3.05) is 13.1 Å². The number of pyridine rings is 1. The largest absolute Gasteiger partial charge is 0.338 e. The van der Waals surface area contributed by atoms with Crippen molar-refractivity contribution in [3.05, 3.63) is 36.4 Å². The number of hydrogen-bond acceptors (Lipinski definition) is 2. The van der Waals surface area contributed by atoms with E-state index >= 15 is 0 Å². The van der Waals surface area contributed by atoms with Crippen molar-refractivity contribution >= 4 is 11.5 Å². The average Bonchev–Trinajstić information content (AvgIpc) is 2.82. The van der Waals surface area contributed by atoms with Crippen molar-refractivity contribution in [1.29, 1.82) is 0 Å². The van der Waals surface area contributed by atoms with Crippen LogP contribution in [0.1, 0.15) is 26.1 Å². The van der Waals surface area contributed by atoms with Gasteiger partial charge in [0.05, 0.1) is 11.7 Å². The molecular formula is C15H22N4O. The van der Waals surface area contributed by atoms with Gasteiger partial charge in [0.15, 0.2) is 0 Å². The van der Waals surface area contributed by atoms with Gasteiger partial charge in [-0.1, -0.05) is 19.9 Å². The molecule has 2 N–H and O–H groups in total. The van der Waals surface area contributed by atoms with Gasteiger partial charge in [0.25, 0.3) is 0 Å². The van der Waals surface area contributed by atoms with Crippen LogP contribution < -0.4 is 10.6 Å². The number of nitrogens with zero attached hydrogens (tertiary/aromatic N) is 2. The Hall–Kier alpha value is -2.04. The number of fused-ring (bicyclic) bond motifs is 1. The molecular weight excluding hydrogens is 252 g/mol. The van der Waals surface area contributed by atoms with Crippen LogP contribution in [0.25, 0.3) is 5.52 Å². The van der Waals surface area contributed by atoms with E-state index in [9.17, 15) is 4.79 Å². The van der Waals surface area contributed by atoms with Crippen LogP contribution in [-0.4, -0.2) is 28.5 Å². The van der Waals surface area contributed by atoms with Crippen LogP contribution in [-0.2, 0) is 6.42 Å². The summed E-state index contributed by atoms with van der Waals surface area (Å²) < 4.78 is 2.04. The zero-order valence-electron chi connectivity index (χ0n) is 12.1. The fourth-order valence-electron chi connectivity index (χ4n) is 2.01. The SMILES string of the molecule is CC(C)CCNC(=O)NCCc1ncc2ccccn12. The van der Waals surface area contributed by atoms with Gasteiger partial charge < -0.3 is 15.0 Å². The van der Waals surface area contributed by atoms with Gasteiger partial charge in [0.1, 0.15) is 5.82 Å². The molecule has 0 spiro atoms. The summed E-state index contributed by atoms with van der Waals surface area (Å²) in [5.74, 6) is 1.56. The summed E-state index contributed by atoms with van der Waals surface area (Å²) in [7, 11) is 0. The molecule has 20 heavy (non-hydrogen) atoms. The Balaban J connectivity index is 1.74. The zero-order valence-corrected chi connectivity index (χ0v) is 12.1. The van der Waals surface area contributed by atoms with E-state index in [1.165, 1.54) is 0 Å². The second-order valence-corrected chi connectivity index (χ2v) is 5.29. The van der Waals surface area contributed by atoms with Crippen LogP contribution in [0.3, 0.4) is 0 Å². The van der Waals surface area contributed by atoms with Crippen molar-refractivity contribution < 1.29 is 4.79 Å². The highest BCUT2D eigenvalue weighted by Gasteiger charge is 2.04. The Labute approximate surface area is 119 Å². The van der Waals surface area contributed by atoms with E-state index in [2.05, 4.69) is 29.5 Å². The van der Waals surface area contributed by atoms with E-state index in [4.69, 9.17) is 0 Å². The van der Waals surface area contributed by atoms with Gasteiger partial charge in [0.2, 0.25) is 0 Å². The maximum atomic E-state index is 11.6. The summed E-state index contributed by atoms with van der Waals surface area (Å²) in [6, 6.07) is 5.88. The second-order valence-electron chi connectivity index (χ2n) is 5.29. The van der Waals surface area contributed by atoms with E-state index in [-0.39, 0.29) is 6.03 Å². The zero-order chi connectivity index (χ0) is 14.4. The summed E-state index contributed by atoms with van der Waals surface area (Å²) in [4.78, 5) is 15.9. The first-order valence-corrected chi connectivity index (χ1v) is 7.09. The molecule has 0 aliphatic heterocycles. The monoisotopic (exact) mass is 274 g/mol. The Kier molecular flexibility index (Phi) is 4.98. The first kappa shape index (κ1) is 14.4. The third kappa shape index (κ3) is 3.98. The van der Waals surface area contributed by atoms with Gasteiger partial charge >= 0.3 is 6.03 Å². The van der Waals surface area contributed by atoms with Crippen LogP contribution >= 0.6 is 0 Å².